The molecule has 0 unspecified atom stereocenters. The summed E-state index contributed by atoms with van der Waals surface area (Å²) in [7, 11) is -3.70. The lowest BCUT2D eigenvalue weighted by Gasteiger charge is -2.41. The first-order chi connectivity index (χ1) is 12.0. The van der Waals surface area contributed by atoms with Gasteiger partial charge in [0, 0.05) is 19.6 Å². The fraction of sp³-hybridized carbons (Fsp3) is 0.667. The molecule has 0 aromatic carbocycles. The van der Waals surface area contributed by atoms with Crippen molar-refractivity contribution in [1.82, 2.24) is 14.7 Å². The van der Waals surface area contributed by atoms with Crippen molar-refractivity contribution in [2.24, 2.45) is 10.6 Å². The van der Waals surface area contributed by atoms with E-state index in [-0.39, 0.29) is 23.7 Å². The SMILES string of the molecule is CC1(CNS(N)(=O)=O)CCN(c2ncnc3c2OC(C)(C)C(=O)N3)CC1.Cl. The van der Waals surface area contributed by atoms with Crippen molar-refractivity contribution < 1.29 is 17.9 Å². The molecule has 27 heavy (non-hydrogen) atoms. The average Bonchev–Trinajstić information content (AvgIpc) is 2.54. The maximum atomic E-state index is 12.0. The van der Waals surface area contributed by atoms with Gasteiger partial charge < -0.3 is 15.0 Å². The van der Waals surface area contributed by atoms with E-state index in [4.69, 9.17) is 9.88 Å². The van der Waals surface area contributed by atoms with Gasteiger partial charge in [-0.05, 0) is 32.1 Å². The van der Waals surface area contributed by atoms with E-state index in [1.807, 2.05) is 6.92 Å². The van der Waals surface area contributed by atoms with Gasteiger partial charge in [-0.25, -0.2) is 19.8 Å². The van der Waals surface area contributed by atoms with Gasteiger partial charge in [-0.2, -0.15) is 8.42 Å². The van der Waals surface area contributed by atoms with Gasteiger partial charge in [0.1, 0.15) is 6.33 Å². The molecule has 0 aliphatic carbocycles. The molecule has 1 fully saturated rings. The van der Waals surface area contributed by atoms with Gasteiger partial charge in [-0.1, -0.05) is 6.92 Å². The molecule has 0 spiro atoms. The van der Waals surface area contributed by atoms with Crippen molar-refractivity contribution in [3.05, 3.63) is 6.33 Å². The third kappa shape index (κ3) is 4.78. The van der Waals surface area contributed by atoms with Crippen molar-refractivity contribution in [2.75, 3.05) is 29.9 Å². The van der Waals surface area contributed by atoms with Gasteiger partial charge in [0.25, 0.3) is 16.1 Å². The summed E-state index contributed by atoms with van der Waals surface area (Å²) in [6, 6.07) is 0. The predicted octanol–water partition coefficient (Wildman–Crippen LogP) is 0.408. The Kier molecular flexibility index (Phi) is 5.91. The van der Waals surface area contributed by atoms with Crippen LogP contribution in [0, 0.1) is 5.41 Å². The highest BCUT2D eigenvalue weighted by molar-refractivity contribution is 7.87. The maximum absolute atomic E-state index is 12.0. The Hall–Kier alpha value is -1.69. The molecule has 152 valence electrons. The number of amides is 1. The monoisotopic (exact) mass is 420 g/mol. The molecule has 3 heterocycles. The molecule has 4 N–H and O–H groups in total. The number of piperidine rings is 1. The molecule has 1 saturated heterocycles. The Morgan fingerprint density at radius 2 is 1.93 bits per heavy atom. The molecule has 1 aromatic heterocycles. The standard InChI is InChI=1S/C15H24N6O4S.ClH/c1-14(2)13(22)20-11-10(25-14)12(18-9-17-11)21-6-4-15(3,5-7-21)8-19-26(16,23)24;/h9,19H,4-8H2,1-3H3,(H2,16,23,24)(H,17,18,20,22);1H. The smallest absolute Gasteiger partial charge is 0.274 e. The number of nitrogens with one attached hydrogen (secondary N) is 2. The van der Waals surface area contributed by atoms with Crippen LogP contribution in [0.1, 0.15) is 33.6 Å². The minimum Gasteiger partial charge on any atom is -0.470 e. The molecular formula is C15H25ClN6O4S. The summed E-state index contributed by atoms with van der Waals surface area (Å²) in [5.41, 5.74) is -1.19. The summed E-state index contributed by atoms with van der Waals surface area (Å²) in [5.74, 6) is 1.20. The van der Waals surface area contributed by atoms with Gasteiger partial charge in [0.2, 0.25) is 5.75 Å². The zero-order chi connectivity index (χ0) is 19.2. The quantitative estimate of drug-likeness (QED) is 0.640. The van der Waals surface area contributed by atoms with Gasteiger partial charge in [0.05, 0.1) is 0 Å². The van der Waals surface area contributed by atoms with E-state index in [1.54, 1.807) is 13.8 Å². The first-order valence-corrected chi connectivity index (χ1v) is 9.92. The van der Waals surface area contributed by atoms with Crippen LogP contribution in [0.2, 0.25) is 0 Å². The van der Waals surface area contributed by atoms with E-state index in [0.717, 1.165) is 12.8 Å². The maximum Gasteiger partial charge on any atom is 0.274 e. The minimum atomic E-state index is -3.70. The molecule has 0 saturated carbocycles. The molecular weight excluding hydrogens is 396 g/mol. The highest BCUT2D eigenvalue weighted by atomic mass is 35.5. The Balaban J connectivity index is 0.00000261. The molecule has 1 aromatic rings. The molecule has 2 aliphatic rings. The molecule has 0 radical (unpaired) electrons. The summed E-state index contributed by atoms with van der Waals surface area (Å²) < 4.78 is 30.5. The summed E-state index contributed by atoms with van der Waals surface area (Å²) in [6.45, 7) is 7.04. The number of hydrogen-bond acceptors (Lipinski definition) is 7. The molecule has 3 rings (SSSR count). The van der Waals surface area contributed by atoms with E-state index in [2.05, 4.69) is 24.9 Å². The zero-order valence-electron chi connectivity index (χ0n) is 15.5. The first-order valence-electron chi connectivity index (χ1n) is 8.37. The average molecular weight is 421 g/mol. The summed E-state index contributed by atoms with van der Waals surface area (Å²) in [6.07, 6.45) is 2.90. The lowest BCUT2D eigenvalue weighted by molar-refractivity contribution is -0.129. The van der Waals surface area contributed by atoms with E-state index in [9.17, 15) is 13.2 Å². The van der Waals surface area contributed by atoms with Crippen LogP contribution in [0.4, 0.5) is 11.6 Å². The summed E-state index contributed by atoms with van der Waals surface area (Å²) in [4.78, 5) is 22.5. The number of ether oxygens (including phenoxy) is 1. The number of carbonyl (C=O) groups excluding carboxylic acids is 1. The van der Waals surface area contributed by atoms with Crippen molar-refractivity contribution >= 4 is 40.2 Å². The van der Waals surface area contributed by atoms with Crippen molar-refractivity contribution in [2.45, 2.75) is 39.2 Å². The highest BCUT2D eigenvalue weighted by Crippen LogP contribution is 2.41. The van der Waals surface area contributed by atoms with Gasteiger partial charge >= 0.3 is 0 Å². The number of rotatable bonds is 4. The molecule has 0 bridgehead atoms. The number of carbonyl (C=O) groups is 1. The van der Waals surface area contributed by atoms with Crippen LogP contribution in [-0.4, -0.2) is 49.5 Å². The predicted molar refractivity (Wildman–Crippen MR) is 103 cm³/mol. The third-order valence-corrected chi connectivity index (χ3v) is 5.44. The molecule has 10 nitrogen and oxygen atoms in total. The van der Waals surface area contributed by atoms with E-state index < -0.39 is 15.8 Å². The Morgan fingerprint density at radius 3 is 2.52 bits per heavy atom. The van der Waals surface area contributed by atoms with Gasteiger partial charge in [-0.15, -0.1) is 12.4 Å². The number of hydrogen-bond donors (Lipinski definition) is 3. The van der Waals surface area contributed by atoms with Crippen LogP contribution in [0.25, 0.3) is 0 Å². The molecule has 0 atom stereocenters. The number of aromatic nitrogens is 2. The van der Waals surface area contributed by atoms with Crippen LogP contribution < -0.4 is 24.8 Å². The van der Waals surface area contributed by atoms with Crippen molar-refractivity contribution in [1.29, 1.82) is 0 Å². The Bertz CT molecular complexity index is 824. The number of nitrogens with two attached hydrogens (primary N) is 1. The van der Waals surface area contributed by atoms with Crippen LogP contribution >= 0.6 is 12.4 Å². The van der Waals surface area contributed by atoms with Crippen LogP contribution in [0.3, 0.4) is 0 Å². The minimum absolute atomic E-state index is 0. The van der Waals surface area contributed by atoms with E-state index in [1.165, 1.54) is 6.33 Å². The zero-order valence-corrected chi connectivity index (χ0v) is 17.1. The number of fused-ring (bicyclic) bond motifs is 1. The highest BCUT2D eigenvalue weighted by Gasteiger charge is 2.39. The third-order valence-electron chi connectivity index (χ3n) is 4.89. The summed E-state index contributed by atoms with van der Waals surface area (Å²) >= 11 is 0. The van der Waals surface area contributed by atoms with Crippen molar-refractivity contribution in [3.8, 4) is 5.75 Å². The van der Waals surface area contributed by atoms with Gasteiger partial charge in [-0.3, -0.25) is 4.79 Å². The molecule has 2 aliphatic heterocycles. The number of halogens is 1. The number of anilines is 2. The van der Waals surface area contributed by atoms with Crippen LogP contribution in [0.5, 0.6) is 5.75 Å². The molecule has 12 heteroatoms. The van der Waals surface area contributed by atoms with Crippen LogP contribution in [0.15, 0.2) is 6.33 Å². The second-order valence-corrected chi connectivity index (χ2v) is 8.98. The second-order valence-electron chi connectivity index (χ2n) is 7.61. The number of nitrogens with zero attached hydrogens (tertiary/aromatic N) is 3. The van der Waals surface area contributed by atoms with Crippen LogP contribution in [-0.2, 0) is 15.0 Å². The Morgan fingerprint density at radius 1 is 1.30 bits per heavy atom. The lowest BCUT2D eigenvalue weighted by atomic mass is 9.80. The normalized spacial score (nSPS) is 20.7. The molecule has 1 amide bonds. The van der Waals surface area contributed by atoms with E-state index >= 15 is 0 Å². The fourth-order valence-corrected chi connectivity index (χ4v) is 3.59. The van der Waals surface area contributed by atoms with Gasteiger partial charge in [0.15, 0.2) is 17.2 Å². The largest absolute Gasteiger partial charge is 0.470 e. The second kappa shape index (κ2) is 7.38. The summed E-state index contributed by atoms with van der Waals surface area (Å²) in [5, 5.41) is 7.78. The fourth-order valence-electron chi connectivity index (χ4n) is 3.04. The lowest BCUT2D eigenvalue weighted by Crippen LogP contribution is -2.48. The first kappa shape index (κ1) is 21.6. The van der Waals surface area contributed by atoms with Crippen molar-refractivity contribution in [3.63, 3.8) is 0 Å². The Labute approximate surface area is 164 Å². The topological polar surface area (TPSA) is 140 Å². The van der Waals surface area contributed by atoms with E-state index in [0.29, 0.717) is 37.0 Å².